The number of hydrogen-bond acceptors (Lipinski definition) is 2. The van der Waals surface area contributed by atoms with Gasteiger partial charge in [-0.1, -0.05) is 25.2 Å². The molecule has 3 nitrogen and oxygen atoms in total. The number of hydrogen-bond donors (Lipinski definition) is 2. The monoisotopic (exact) mass is 209 g/mol. The zero-order valence-corrected chi connectivity index (χ0v) is 9.25. The van der Waals surface area contributed by atoms with Crippen LogP contribution in [0, 0.1) is 18.3 Å². The van der Waals surface area contributed by atoms with Crippen LogP contribution in [-0.4, -0.2) is 23.2 Å². The first-order valence-corrected chi connectivity index (χ1v) is 5.53. The van der Waals surface area contributed by atoms with Gasteiger partial charge in [0, 0.05) is 0 Å². The lowest BCUT2D eigenvalue weighted by Gasteiger charge is -2.36. The van der Waals surface area contributed by atoms with Crippen molar-refractivity contribution >= 4 is 5.97 Å². The first-order valence-electron chi connectivity index (χ1n) is 5.53. The molecule has 2 N–H and O–H groups in total. The summed E-state index contributed by atoms with van der Waals surface area (Å²) in [5.74, 6) is 1.86. The van der Waals surface area contributed by atoms with Crippen molar-refractivity contribution < 1.29 is 9.90 Å². The van der Waals surface area contributed by atoms with Crippen molar-refractivity contribution in [2.75, 3.05) is 6.54 Å². The quantitative estimate of drug-likeness (QED) is 0.692. The van der Waals surface area contributed by atoms with Crippen molar-refractivity contribution in [3.05, 3.63) is 0 Å². The van der Waals surface area contributed by atoms with Crippen LogP contribution in [0.15, 0.2) is 0 Å². The Morgan fingerprint density at radius 3 is 2.60 bits per heavy atom. The van der Waals surface area contributed by atoms with Gasteiger partial charge in [-0.3, -0.25) is 10.1 Å². The van der Waals surface area contributed by atoms with Gasteiger partial charge in [0.25, 0.3) is 0 Å². The Hall–Kier alpha value is -1.01. The average Bonchev–Trinajstić information content (AvgIpc) is 2.27. The van der Waals surface area contributed by atoms with E-state index < -0.39 is 11.5 Å². The minimum absolute atomic E-state index is 0.206. The number of carbonyl (C=O) groups is 1. The zero-order chi connectivity index (χ0) is 11.3. The molecule has 0 amide bonds. The molecule has 0 aromatic carbocycles. The maximum absolute atomic E-state index is 11.3. The van der Waals surface area contributed by atoms with Crippen LogP contribution in [-0.2, 0) is 4.79 Å². The van der Waals surface area contributed by atoms with Gasteiger partial charge in [-0.15, -0.1) is 6.42 Å². The van der Waals surface area contributed by atoms with E-state index in [2.05, 4.69) is 11.2 Å². The van der Waals surface area contributed by atoms with E-state index in [1.165, 1.54) is 6.42 Å². The summed E-state index contributed by atoms with van der Waals surface area (Å²) in [6.45, 7) is 2.07. The van der Waals surface area contributed by atoms with Gasteiger partial charge < -0.3 is 5.11 Å². The highest BCUT2D eigenvalue weighted by Gasteiger charge is 2.40. The fraction of sp³-hybridized carbons (Fsp3) is 0.750. The molecular weight excluding hydrogens is 190 g/mol. The van der Waals surface area contributed by atoms with E-state index in [0.717, 1.165) is 25.7 Å². The van der Waals surface area contributed by atoms with Gasteiger partial charge in [-0.25, -0.2) is 0 Å². The van der Waals surface area contributed by atoms with Crippen molar-refractivity contribution in [1.29, 1.82) is 0 Å². The van der Waals surface area contributed by atoms with E-state index in [1.807, 2.05) is 0 Å². The molecule has 0 heterocycles. The van der Waals surface area contributed by atoms with Crippen LogP contribution in [0.3, 0.4) is 0 Å². The summed E-state index contributed by atoms with van der Waals surface area (Å²) in [7, 11) is 0. The van der Waals surface area contributed by atoms with Crippen LogP contribution in [0.2, 0.25) is 0 Å². The highest BCUT2D eigenvalue weighted by molar-refractivity contribution is 5.78. The largest absolute Gasteiger partial charge is 0.480 e. The van der Waals surface area contributed by atoms with Crippen molar-refractivity contribution in [2.45, 2.75) is 44.6 Å². The molecule has 15 heavy (non-hydrogen) atoms. The first-order chi connectivity index (χ1) is 7.11. The maximum atomic E-state index is 11.3. The SMILES string of the molecule is C#CCNC(C)(C(=O)O)C1CCCCC1. The Morgan fingerprint density at radius 1 is 1.53 bits per heavy atom. The molecule has 1 fully saturated rings. The molecule has 0 saturated heterocycles. The van der Waals surface area contributed by atoms with Crippen LogP contribution >= 0.6 is 0 Å². The summed E-state index contributed by atoms with van der Waals surface area (Å²) in [6.07, 6.45) is 10.6. The summed E-state index contributed by atoms with van der Waals surface area (Å²) in [6, 6.07) is 0. The number of nitrogens with one attached hydrogen (secondary N) is 1. The average molecular weight is 209 g/mol. The molecule has 1 aliphatic rings. The molecule has 1 rings (SSSR count). The standard InChI is InChI=1S/C12H19NO2/c1-3-9-13-12(2,11(14)15)10-7-5-4-6-8-10/h1,10,13H,4-9H2,2H3,(H,14,15). The molecule has 0 aliphatic heterocycles. The molecule has 1 aliphatic carbocycles. The van der Waals surface area contributed by atoms with Gasteiger partial charge in [0.1, 0.15) is 5.54 Å². The Balaban J connectivity index is 2.70. The lowest BCUT2D eigenvalue weighted by molar-refractivity contribution is -0.147. The van der Waals surface area contributed by atoms with Gasteiger partial charge in [-0.05, 0) is 25.7 Å². The fourth-order valence-corrected chi connectivity index (χ4v) is 2.31. The van der Waals surface area contributed by atoms with Crippen molar-refractivity contribution in [1.82, 2.24) is 5.32 Å². The second-order valence-electron chi connectivity index (χ2n) is 4.40. The molecule has 3 heteroatoms. The molecular formula is C12H19NO2. The van der Waals surface area contributed by atoms with Gasteiger partial charge >= 0.3 is 5.97 Å². The molecule has 1 atom stereocenters. The second-order valence-corrected chi connectivity index (χ2v) is 4.40. The Bertz CT molecular complexity index is 263. The van der Waals surface area contributed by atoms with Crippen molar-refractivity contribution in [3.63, 3.8) is 0 Å². The summed E-state index contributed by atoms with van der Waals surface area (Å²) >= 11 is 0. The van der Waals surface area contributed by atoms with Gasteiger partial charge in [-0.2, -0.15) is 0 Å². The van der Waals surface area contributed by atoms with E-state index in [1.54, 1.807) is 6.92 Å². The van der Waals surface area contributed by atoms with Crippen molar-refractivity contribution in [2.24, 2.45) is 5.92 Å². The van der Waals surface area contributed by atoms with E-state index in [0.29, 0.717) is 6.54 Å². The highest BCUT2D eigenvalue weighted by Crippen LogP contribution is 2.32. The summed E-state index contributed by atoms with van der Waals surface area (Å²) in [4.78, 5) is 11.3. The fourth-order valence-electron chi connectivity index (χ4n) is 2.31. The third-order valence-corrected chi connectivity index (χ3v) is 3.42. The molecule has 0 aromatic rings. The predicted octanol–water partition coefficient (Wildman–Crippen LogP) is 1.63. The first kappa shape index (κ1) is 12.1. The van der Waals surface area contributed by atoms with E-state index in [9.17, 15) is 9.90 Å². The normalized spacial score (nSPS) is 21.6. The minimum Gasteiger partial charge on any atom is -0.480 e. The lowest BCUT2D eigenvalue weighted by atomic mass is 9.75. The summed E-state index contributed by atoms with van der Waals surface area (Å²) in [5.41, 5.74) is -0.854. The maximum Gasteiger partial charge on any atom is 0.323 e. The number of carboxylic acid groups (broad SMARTS) is 1. The van der Waals surface area contributed by atoms with Crippen LogP contribution in [0.25, 0.3) is 0 Å². The predicted molar refractivity (Wildman–Crippen MR) is 59.5 cm³/mol. The van der Waals surface area contributed by atoms with Crippen LogP contribution in [0.4, 0.5) is 0 Å². The second kappa shape index (κ2) is 5.18. The van der Waals surface area contributed by atoms with Gasteiger partial charge in [0.05, 0.1) is 6.54 Å². The number of rotatable bonds is 4. The molecule has 84 valence electrons. The smallest absolute Gasteiger partial charge is 0.323 e. The number of aliphatic carboxylic acids is 1. The van der Waals surface area contributed by atoms with Crippen LogP contribution in [0.5, 0.6) is 0 Å². The molecule has 1 unspecified atom stereocenters. The van der Waals surface area contributed by atoms with E-state index in [-0.39, 0.29) is 5.92 Å². The van der Waals surface area contributed by atoms with Crippen molar-refractivity contribution in [3.8, 4) is 12.3 Å². The summed E-state index contributed by atoms with van der Waals surface area (Å²) < 4.78 is 0. The van der Waals surface area contributed by atoms with Crippen LogP contribution < -0.4 is 5.32 Å². The van der Waals surface area contributed by atoms with Gasteiger partial charge in [0.2, 0.25) is 0 Å². The third-order valence-electron chi connectivity index (χ3n) is 3.42. The van der Waals surface area contributed by atoms with Gasteiger partial charge in [0.15, 0.2) is 0 Å². The molecule has 0 spiro atoms. The third kappa shape index (κ3) is 2.73. The summed E-state index contributed by atoms with van der Waals surface area (Å²) in [5, 5.41) is 12.3. The van der Waals surface area contributed by atoms with E-state index in [4.69, 9.17) is 6.42 Å². The topological polar surface area (TPSA) is 49.3 Å². The number of terminal acetylenes is 1. The molecule has 0 bridgehead atoms. The highest BCUT2D eigenvalue weighted by atomic mass is 16.4. The Morgan fingerprint density at radius 2 is 2.13 bits per heavy atom. The molecule has 1 saturated carbocycles. The van der Waals surface area contributed by atoms with E-state index >= 15 is 0 Å². The molecule has 0 radical (unpaired) electrons. The molecule has 0 aromatic heterocycles. The zero-order valence-electron chi connectivity index (χ0n) is 9.25. The Labute approximate surface area is 91.3 Å². The van der Waals surface area contributed by atoms with Crippen LogP contribution in [0.1, 0.15) is 39.0 Å². The number of carboxylic acids is 1. The lowest BCUT2D eigenvalue weighted by Crippen LogP contribution is -2.55. The Kier molecular flexibility index (Phi) is 4.16. The minimum atomic E-state index is -0.854.